The molecule has 1 fully saturated rings. The third-order valence-electron chi connectivity index (χ3n) is 5.77. The first-order valence-corrected chi connectivity index (χ1v) is 10.4. The summed E-state index contributed by atoms with van der Waals surface area (Å²) in [5.41, 5.74) is 1.39. The number of aromatic nitrogens is 4. The molecule has 1 aliphatic rings. The van der Waals surface area contributed by atoms with Crippen molar-refractivity contribution in [1.29, 1.82) is 0 Å². The lowest BCUT2D eigenvalue weighted by Crippen LogP contribution is -2.43. The smallest absolute Gasteiger partial charge is 0.250 e. The average molecular weight is 462 g/mol. The Morgan fingerprint density at radius 2 is 1.81 bits per heavy atom. The maximum absolute atomic E-state index is 12.8. The Hall–Kier alpha value is -2.32. The first-order chi connectivity index (χ1) is 14.5. The van der Waals surface area contributed by atoms with Gasteiger partial charge in [0.05, 0.1) is 23.1 Å². The minimum absolute atomic E-state index is 0. The molecule has 3 heterocycles. The zero-order valence-electron chi connectivity index (χ0n) is 17.2. The number of Topliss-reactive ketones (excluding diaryl/α,β-unsaturated/α-hetero) is 1. The summed E-state index contributed by atoms with van der Waals surface area (Å²) in [4.78, 5) is 23.3. The molecule has 0 amide bonds. The normalized spacial score (nSPS) is 16.0. The summed E-state index contributed by atoms with van der Waals surface area (Å²) < 4.78 is 1.58. The maximum Gasteiger partial charge on any atom is 0.250 e. The fraction of sp³-hybridized carbons (Fsp3) is 0.364. The average Bonchev–Trinajstić information content (AvgIpc) is 3.15. The van der Waals surface area contributed by atoms with E-state index in [-0.39, 0.29) is 18.2 Å². The van der Waals surface area contributed by atoms with E-state index in [1.165, 1.54) is 0 Å². The molecule has 1 saturated heterocycles. The van der Waals surface area contributed by atoms with E-state index < -0.39 is 5.60 Å². The van der Waals surface area contributed by atoms with E-state index in [4.69, 9.17) is 11.6 Å². The molecule has 1 aliphatic heterocycles. The molecule has 0 bridgehead atoms. The lowest BCUT2D eigenvalue weighted by molar-refractivity contribution is -0.0256. The minimum Gasteiger partial charge on any atom is -0.385 e. The third kappa shape index (κ3) is 5.13. The van der Waals surface area contributed by atoms with Crippen molar-refractivity contribution in [2.24, 2.45) is 0 Å². The number of nitrogens with zero attached hydrogens (tertiary/aromatic N) is 5. The Morgan fingerprint density at radius 1 is 1.16 bits per heavy atom. The Kier molecular flexibility index (Phi) is 7.43. The quantitative estimate of drug-likeness (QED) is 0.564. The molecule has 1 aromatic carbocycles. The molecule has 3 aromatic rings. The van der Waals surface area contributed by atoms with Gasteiger partial charge in [-0.1, -0.05) is 23.7 Å². The Morgan fingerprint density at radius 3 is 2.45 bits per heavy atom. The van der Waals surface area contributed by atoms with Crippen LogP contribution in [-0.4, -0.2) is 55.2 Å². The molecule has 164 valence electrons. The van der Waals surface area contributed by atoms with Crippen LogP contribution >= 0.6 is 24.0 Å². The number of benzene rings is 1. The summed E-state index contributed by atoms with van der Waals surface area (Å²) in [6, 6.07) is 9.13. The van der Waals surface area contributed by atoms with Gasteiger partial charge < -0.3 is 10.0 Å². The maximum atomic E-state index is 12.8. The monoisotopic (exact) mass is 461 g/mol. The highest BCUT2D eigenvalue weighted by Crippen LogP contribution is 2.33. The van der Waals surface area contributed by atoms with Crippen LogP contribution in [0.4, 0.5) is 0 Å². The third-order valence-corrected chi connectivity index (χ3v) is 6.02. The number of carbonyl (C=O) groups is 1. The molecule has 0 spiro atoms. The van der Waals surface area contributed by atoms with Crippen molar-refractivity contribution < 1.29 is 9.90 Å². The van der Waals surface area contributed by atoms with Crippen molar-refractivity contribution >= 4 is 29.8 Å². The molecule has 4 rings (SSSR count). The van der Waals surface area contributed by atoms with E-state index in [0.29, 0.717) is 42.3 Å². The molecule has 31 heavy (non-hydrogen) atoms. The molecule has 0 radical (unpaired) electrons. The standard InChI is InChI=1S/C22H24ClN5O2.ClH/c1-16-19(15-26-28(16)21-24-10-2-11-25-21)20(29)7-12-27-13-8-22(30,9-14-27)17-3-5-18(23)6-4-17;/h2-6,10-11,15,30H,7-9,12-14H2,1H3;1H. The van der Waals surface area contributed by atoms with Gasteiger partial charge in [0, 0.05) is 43.5 Å². The molecule has 9 heteroatoms. The van der Waals surface area contributed by atoms with Crippen LogP contribution < -0.4 is 0 Å². The van der Waals surface area contributed by atoms with E-state index in [2.05, 4.69) is 20.0 Å². The summed E-state index contributed by atoms with van der Waals surface area (Å²) in [6.07, 6.45) is 6.54. The molecule has 0 unspecified atom stereocenters. The summed E-state index contributed by atoms with van der Waals surface area (Å²) >= 11 is 5.95. The van der Waals surface area contributed by atoms with Gasteiger partial charge in [-0.25, -0.2) is 14.6 Å². The predicted octanol–water partition coefficient (Wildman–Crippen LogP) is 3.60. The highest BCUT2D eigenvalue weighted by Gasteiger charge is 2.34. The zero-order chi connectivity index (χ0) is 21.1. The van der Waals surface area contributed by atoms with Gasteiger partial charge in [-0.3, -0.25) is 4.79 Å². The number of piperidine rings is 1. The number of hydrogen-bond acceptors (Lipinski definition) is 6. The van der Waals surface area contributed by atoms with Gasteiger partial charge in [-0.05, 0) is 43.5 Å². The Balaban J connectivity index is 0.00000272. The number of carbonyl (C=O) groups excluding carboxylic acids is 1. The highest BCUT2D eigenvalue weighted by molar-refractivity contribution is 6.30. The number of likely N-dealkylation sites (tertiary alicyclic amines) is 1. The van der Waals surface area contributed by atoms with Crippen LogP contribution in [0.1, 0.15) is 40.9 Å². The molecule has 1 N–H and O–H groups in total. The van der Waals surface area contributed by atoms with Crippen LogP contribution in [-0.2, 0) is 5.60 Å². The molecule has 0 atom stereocenters. The number of hydrogen-bond donors (Lipinski definition) is 1. The molecule has 0 aliphatic carbocycles. The van der Waals surface area contributed by atoms with E-state index in [0.717, 1.165) is 24.3 Å². The van der Waals surface area contributed by atoms with Gasteiger partial charge in [-0.15, -0.1) is 12.4 Å². The van der Waals surface area contributed by atoms with Crippen molar-refractivity contribution in [3.8, 4) is 5.95 Å². The second-order valence-corrected chi connectivity index (χ2v) is 8.09. The van der Waals surface area contributed by atoms with E-state index >= 15 is 0 Å². The van der Waals surface area contributed by atoms with Gasteiger partial charge >= 0.3 is 0 Å². The van der Waals surface area contributed by atoms with E-state index in [1.807, 2.05) is 31.2 Å². The van der Waals surface area contributed by atoms with Crippen LogP contribution in [0, 0.1) is 6.92 Å². The van der Waals surface area contributed by atoms with E-state index in [1.54, 1.807) is 29.3 Å². The molecule has 7 nitrogen and oxygen atoms in total. The second-order valence-electron chi connectivity index (χ2n) is 7.66. The molecule has 2 aromatic heterocycles. The van der Waals surface area contributed by atoms with Gasteiger partial charge in [0.2, 0.25) is 0 Å². The SMILES string of the molecule is Cc1c(C(=O)CCN2CCC(O)(c3ccc(Cl)cc3)CC2)cnn1-c1ncccn1.Cl. The fourth-order valence-corrected chi connectivity index (χ4v) is 4.00. The highest BCUT2D eigenvalue weighted by atomic mass is 35.5. The fourth-order valence-electron chi connectivity index (χ4n) is 3.88. The van der Waals surface area contributed by atoms with Crippen molar-refractivity contribution in [3.05, 3.63) is 70.8 Å². The van der Waals surface area contributed by atoms with Gasteiger partial charge in [-0.2, -0.15) is 5.10 Å². The summed E-state index contributed by atoms with van der Waals surface area (Å²) in [6.45, 7) is 3.98. The van der Waals surface area contributed by atoms with Gasteiger partial charge in [0.1, 0.15) is 0 Å². The lowest BCUT2D eigenvalue weighted by atomic mass is 9.84. The van der Waals surface area contributed by atoms with Gasteiger partial charge in [0.25, 0.3) is 5.95 Å². The Labute approximate surface area is 192 Å². The number of ketones is 1. The summed E-state index contributed by atoms with van der Waals surface area (Å²) in [7, 11) is 0. The first-order valence-electron chi connectivity index (χ1n) is 10.0. The minimum atomic E-state index is -0.835. The molecular formula is C22H25Cl2N5O2. The topological polar surface area (TPSA) is 84.1 Å². The zero-order valence-corrected chi connectivity index (χ0v) is 18.8. The Bertz CT molecular complexity index is 1020. The molecular weight excluding hydrogens is 437 g/mol. The van der Waals surface area contributed by atoms with Crippen LogP contribution in [0.3, 0.4) is 0 Å². The number of rotatable bonds is 6. The van der Waals surface area contributed by atoms with Crippen LogP contribution in [0.25, 0.3) is 5.95 Å². The van der Waals surface area contributed by atoms with Crippen LogP contribution in [0.2, 0.25) is 5.02 Å². The van der Waals surface area contributed by atoms with E-state index in [9.17, 15) is 9.90 Å². The van der Waals surface area contributed by atoms with Crippen molar-refractivity contribution in [2.45, 2.75) is 31.8 Å². The lowest BCUT2D eigenvalue weighted by Gasteiger charge is -2.38. The van der Waals surface area contributed by atoms with Crippen LogP contribution in [0.5, 0.6) is 0 Å². The first kappa shape index (κ1) is 23.3. The second kappa shape index (κ2) is 9.87. The number of aliphatic hydroxyl groups is 1. The van der Waals surface area contributed by atoms with Crippen LogP contribution in [0.15, 0.2) is 48.9 Å². The van der Waals surface area contributed by atoms with Crippen molar-refractivity contribution in [1.82, 2.24) is 24.6 Å². The van der Waals surface area contributed by atoms with Crippen molar-refractivity contribution in [3.63, 3.8) is 0 Å². The largest absolute Gasteiger partial charge is 0.385 e. The predicted molar refractivity (Wildman–Crippen MR) is 121 cm³/mol. The molecule has 0 saturated carbocycles. The number of halogens is 2. The van der Waals surface area contributed by atoms with Crippen molar-refractivity contribution in [2.75, 3.05) is 19.6 Å². The summed E-state index contributed by atoms with van der Waals surface area (Å²) in [5, 5.41) is 15.9. The summed E-state index contributed by atoms with van der Waals surface area (Å²) in [5.74, 6) is 0.500. The van der Waals surface area contributed by atoms with Gasteiger partial charge in [0.15, 0.2) is 5.78 Å².